The predicted octanol–water partition coefficient (Wildman–Crippen LogP) is 1.98. The number of hydrogen-bond donors (Lipinski definition) is 2. The highest BCUT2D eigenvalue weighted by Gasteiger charge is 2.23. The zero-order valence-electron chi connectivity index (χ0n) is 14.0. The first kappa shape index (κ1) is 16.6. The van der Waals surface area contributed by atoms with Crippen LogP contribution in [-0.4, -0.2) is 27.5 Å². The summed E-state index contributed by atoms with van der Waals surface area (Å²) >= 11 is 0. The molecule has 0 amide bonds. The molecule has 0 unspecified atom stereocenters. The first-order valence-electron chi connectivity index (χ1n) is 7.91. The van der Waals surface area contributed by atoms with Gasteiger partial charge in [-0.1, -0.05) is 30.3 Å². The van der Waals surface area contributed by atoms with Crippen LogP contribution < -0.4 is 11.3 Å². The van der Waals surface area contributed by atoms with E-state index < -0.39 is 11.5 Å². The third-order valence-corrected chi connectivity index (χ3v) is 3.86. The molecule has 0 saturated heterocycles. The summed E-state index contributed by atoms with van der Waals surface area (Å²) in [6, 6.07) is 9.55. The minimum Gasteiger partial charge on any atom is -0.462 e. The molecule has 0 fully saturated rings. The predicted molar refractivity (Wildman–Crippen MR) is 94.5 cm³/mol. The molecule has 128 valence electrons. The van der Waals surface area contributed by atoms with Gasteiger partial charge in [0.2, 0.25) is 5.95 Å². The summed E-state index contributed by atoms with van der Waals surface area (Å²) in [6.45, 7) is 3.66. The molecule has 7 heteroatoms. The molecule has 0 aliphatic carbocycles. The number of H-pyrrole nitrogens is 1. The van der Waals surface area contributed by atoms with Crippen LogP contribution in [0, 0.1) is 6.92 Å². The van der Waals surface area contributed by atoms with E-state index in [1.165, 1.54) is 0 Å². The van der Waals surface area contributed by atoms with Crippen molar-refractivity contribution < 1.29 is 9.53 Å². The molecule has 2 aromatic heterocycles. The van der Waals surface area contributed by atoms with E-state index in [2.05, 4.69) is 15.0 Å². The zero-order valence-corrected chi connectivity index (χ0v) is 14.0. The van der Waals surface area contributed by atoms with Crippen molar-refractivity contribution in [1.82, 2.24) is 15.0 Å². The summed E-state index contributed by atoms with van der Waals surface area (Å²) in [5.41, 5.74) is 7.67. The Morgan fingerprint density at radius 3 is 2.64 bits per heavy atom. The number of anilines is 1. The smallest absolute Gasteiger partial charge is 0.340 e. The third kappa shape index (κ3) is 3.21. The molecule has 3 aromatic rings. The molecule has 0 aliphatic heterocycles. The van der Waals surface area contributed by atoms with E-state index in [1.807, 2.05) is 30.3 Å². The Morgan fingerprint density at radius 2 is 1.96 bits per heavy atom. The number of aryl methyl sites for hydroxylation is 1. The molecular formula is C18H18N4O3. The quantitative estimate of drug-likeness (QED) is 0.704. The average Bonchev–Trinajstić information content (AvgIpc) is 2.55. The van der Waals surface area contributed by atoms with Crippen molar-refractivity contribution in [3.63, 3.8) is 0 Å². The van der Waals surface area contributed by atoms with Gasteiger partial charge in [-0.25, -0.2) is 9.78 Å². The second-order valence-electron chi connectivity index (χ2n) is 5.58. The molecule has 3 rings (SSSR count). The number of rotatable bonds is 4. The number of benzene rings is 1. The summed E-state index contributed by atoms with van der Waals surface area (Å²) in [6.07, 6.45) is 0.378. The average molecular weight is 338 g/mol. The summed E-state index contributed by atoms with van der Waals surface area (Å²) in [5.74, 6) is -0.518. The largest absolute Gasteiger partial charge is 0.462 e. The molecule has 25 heavy (non-hydrogen) atoms. The van der Waals surface area contributed by atoms with Crippen LogP contribution >= 0.6 is 0 Å². The van der Waals surface area contributed by atoms with Gasteiger partial charge in [0.05, 0.1) is 23.3 Å². The maximum atomic E-state index is 12.5. The molecule has 0 bridgehead atoms. The number of pyridine rings is 1. The molecule has 7 nitrogen and oxygen atoms in total. The van der Waals surface area contributed by atoms with Gasteiger partial charge in [-0.2, -0.15) is 4.98 Å². The Kier molecular flexibility index (Phi) is 4.47. The summed E-state index contributed by atoms with van der Waals surface area (Å²) in [5, 5.41) is 0.256. The van der Waals surface area contributed by atoms with Crippen molar-refractivity contribution in [3.8, 4) is 0 Å². The van der Waals surface area contributed by atoms with Crippen molar-refractivity contribution >= 4 is 23.0 Å². The number of fused-ring (bicyclic) bond motifs is 1. The number of nitrogens with two attached hydrogens (primary N) is 1. The summed E-state index contributed by atoms with van der Waals surface area (Å²) in [7, 11) is 0. The standard InChI is InChI=1S/C18H18N4O3/c1-3-25-17(24)13-10(2)20-15-14(16(23)22-18(19)21-15)12(13)9-11-7-5-4-6-8-11/h4-8H,3,9H2,1-2H3,(H3,19,20,21,22,23). The monoisotopic (exact) mass is 338 g/mol. The van der Waals surface area contributed by atoms with Gasteiger partial charge in [-0.15, -0.1) is 0 Å². The van der Waals surface area contributed by atoms with E-state index in [9.17, 15) is 9.59 Å². The second-order valence-corrected chi connectivity index (χ2v) is 5.58. The SMILES string of the molecule is CCOC(=O)c1c(C)nc2nc(N)[nH]c(=O)c2c1Cc1ccccc1. The number of nitrogens with one attached hydrogen (secondary N) is 1. The molecular weight excluding hydrogens is 320 g/mol. The maximum absolute atomic E-state index is 12.5. The van der Waals surface area contributed by atoms with Gasteiger partial charge in [-0.3, -0.25) is 9.78 Å². The fourth-order valence-electron chi connectivity index (χ4n) is 2.84. The van der Waals surface area contributed by atoms with Gasteiger partial charge in [0, 0.05) is 0 Å². The number of nitrogen functional groups attached to an aromatic ring is 1. The number of nitrogens with zero attached hydrogens (tertiary/aromatic N) is 2. The van der Waals surface area contributed by atoms with Crippen LogP contribution in [0.25, 0.3) is 11.0 Å². The number of esters is 1. The lowest BCUT2D eigenvalue weighted by Crippen LogP contribution is -2.19. The van der Waals surface area contributed by atoms with Crippen LogP contribution in [0.4, 0.5) is 5.95 Å². The lowest BCUT2D eigenvalue weighted by molar-refractivity contribution is 0.0524. The number of hydrogen-bond acceptors (Lipinski definition) is 6. The fourth-order valence-corrected chi connectivity index (χ4v) is 2.84. The van der Waals surface area contributed by atoms with Crippen molar-refractivity contribution in [2.45, 2.75) is 20.3 Å². The van der Waals surface area contributed by atoms with E-state index in [0.717, 1.165) is 5.56 Å². The van der Waals surface area contributed by atoms with E-state index in [0.29, 0.717) is 23.2 Å². The summed E-state index contributed by atoms with van der Waals surface area (Å²) < 4.78 is 5.16. The molecule has 3 N–H and O–H groups in total. The van der Waals surface area contributed by atoms with E-state index >= 15 is 0 Å². The van der Waals surface area contributed by atoms with E-state index in [1.54, 1.807) is 13.8 Å². The lowest BCUT2D eigenvalue weighted by atomic mass is 9.96. The number of aromatic amines is 1. The molecule has 0 atom stereocenters. The van der Waals surface area contributed by atoms with Crippen molar-refractivity contribution in [2.24, 2.45) is 0 Å². The van der Waals surface area contributed by atoms with Crippen molar-refractivity contribution in [2.75, 3.05) is 12.3 Å². The van der Waals surface area contributed by atoms with Crippen LogP contribution in [0.5, 0.6) is 0 Å². The van der Waals surface area contributed by atoms with Crippen LogP contribution in [0.3, 0.4) is 0 Å². The molecule has 2 heterocycles. The first-order valence-corrected chi connectivity index (χ1v) is 7.91. The number of carbonyl (C=O) groups excluding carboxylic acids is 1. The van der Waals surface area contributed by atoms with Crippen LogP contribution in [-0.2, 0) is 11.2 Å². The van der Waals surface area contributed by atoms with Gasteiger partial charge < -0.3 is 10.5 Å². The van der Waals surface area contributed by atoms with Gasteiger partial charge in [0.25, 0.3) is 5.56 Å². The minimum atomic E-state index is -0.503. The van der Waals surface area contributed by atoms with E-state index in [-0.39, 0.29) is 23.6 Å². The topological polar surface area (TPSA) is 111 Å². The number of aromatic nitrogens is 3. The van der Waals surface area contributed by atoms with Gasteiger partial charge in [0.1, 0.15) is 0 Å². The molecule has 0 saturated carbocycles. The normalized spacial score (nSPS) is 10.8. The van der Waals surface area contributed by atoms with Gasteiger partial charge >= 0.3 is 5.97 Å². The first-order chi connectivity index (χ1) is 12.0. The third-order valence-electron chi connectivity index (χ3n) is 3.86. The van der Waals surface area contributed by atoms with Gasteiger partial charge in [0.15, 0.2) is 5.65 Å². The Bertz CT molecular complexity index is 997. The Hall–Kier alpha value is -3.22. The van der Waals surface area contributed by atoms with Crippen LogP contribution in [0.1, 0.15) is 34.1 Å². The van der Waals surface area contributed by atoms with Gasteiger partial charge in [-0.05, 0) is 31.4 Å². The number of carbonyl (C=O) groups is 1. The minimum absolute atomic E-state index is 0.0149. The molecule has 0 aliphatic rings. The van der Waals surface area contributed by atoms with Crippen molar-refractivity contribution in [3.05, 3.63) is 63.1 Å². The van der Waals surface area contributed by atoms with Crippen LogP contribution in [0.2, 0.25) is 0 Å². The molecule has 0 radical (unpaired) electrons. The fraction of sp³-hybridized carbons (Fsp3) is 0.222. The van der Waals surface area contributed by atoms with Crippen LogP contribution in [0.15, 0.2) is 35.1 Å². The highest BCUT2D eigenvalue weighted by atomic mass is 16.5. The Balaban J connectivity index is 2.33. The molecule has 0 spiro atoms. The highest BCUT2D eigenvalue weighted by Crippen LogP contribution is 2.24. The number of ether oxygens (including phenoxy) is 1. The zero-order chi connectivity index (χ0) is 18.0. The second kappa shape index (κ2) is 6.72. The lowest BCUT2D eigenvalue weighted by Gasteiger charge is -2.14. The Morgan fingerprint density at radius 1 is 1.24 bits per heavy atom. The summed E-state index contributed by atoms with van der Waals surface area (Å²) in [4.78, 5) is 35.8. The van der Waals surface area contributed by atoms with E-state index in [4.69, 9.17) is 10.5 Å². The van der Waals surface area contributed by atoms with Crippen molar-refractivity contribution in [1.29, 1.82) is 0 Å². The Labute approximate surface area is 143 Å². The highest BCUT2D eigenvalue weighted by molar-refractivity contribution is 5.97. The maximum Gasteiger partial charge on any atom is 0.340 e. The molecule has 1 aromatic carbocycles.